The molecule has 0 spiro atoms. The molecular weight excluding hydrogens is 294 g/mol. The minimum atomic E-state index is -0.154. The van der Waals surface area contributed by atoms with E-state index in [1.807, 2.05) is 25.1 Å². The summed E-state index contributed by atoms with van der Waals surface area (Å²) in [6.45, 7) is 2.33. The van der Waals surface area contributed by atoms with Crippen molar-refractivity contribution in [3.8, 4) is 0 Å². The Kier molecular flexibility index (Phi) is 4.04. The summed E-state index contributed by atoms with van der Waals surface area (Å²) in [7, 11) is 0. The molecule has 18 heavy (non-hydrogen) atoms. The molecule has 2 aromatic rings. The SMILES string of the molecule is Cc1cccc(CNC(=O)c2ccc(Br)nc2)n1. The lowest BCUT2D eigenvalue weighted by molar-refractivity contribution is 0.0950. The average Bonchev–Trinajstić information content (AvgIpc) is 2.37. The van der Waals surface area contributed by atoms with Crippen molar-refractivity contribution in [1.29, 1.82) is 0 Å². The largest absolute Gasteiger partial charge is 0.346 e. The van der Waals surface area contributed by atoms with Gasteiger partial charge in [-0.15, -0.1) is 0 Å². The summed E-state index contributed by atoms with van der Waals surface area (Å²) in [5.74, 6) is -0.154. The topological polar surface area (TPSA) is 54.9 Å². The van der Waals surface area contributed by atoms with Crippen LogP contribution in [0.5, 0.6) is 0 Å². The standard InChI is InChI=1S/C13H12BrN3O/c1-9-3-2-4-11(17-9)8-16-13(18)10-5-6-12(14)15-7-10/h2-7H,8H2,1H3,(H,16,18). The van der Waals surface area contributed by atoms with Crippen LogP contribution in [0.15, 0.2) is 41.1 Å². The van der Waals surface area contributed by atoms with Crippen LogP contribution in [0.25, 0.3) is 0 Å². The third-order valence-electron chi connectivity index (χ3n) is 2.37. The van der Waals surface area contributed by atoms with Crippen molar-refractivity contribution in [2.75, 3.05) is 0 Å². The quantitative estimate of drug-likeness (QED) is 0.886. The lowest BCUT2D eigenvalue weighted by Gasteiger charge is -2.05. The van der Waals surface area contributed by atoms with Gasteiger partial charge in [0.05, 0.1) is 17.8 Å². The fraction of sp³-hybridized carbons (Fsp3) is 0.154. The second-order valence-corrected chi connectivity index (χ2v) is 4.64. The highest BCUT2D eigenvalue weighted by Crippen LogP contribution is 2.06. The Labute approximate surface area is 114 Å². The van der Waals surface area contributed by atoms with Gasteiger partial charge in [-0.2, -0.15) is 0 Å². The van der Waals surface area contributed by atoms with Crippen LogP contribution in [0, 0.1) is 6.92 Å². The first-order valence-electron chi connectivity index (χ1n) is 5.47. The van der Waals surface area contributed by atoms with Crippen LogP contribution in [0.4, 0.5) is 0 Å². The van der Waals surface area contributed by atoms with E-state index in [0.717, 1.165) is 11.4 Å². The van der Waals surface area contributed by atoms with Gasteiger partial charge in [-0.05, 0) is 47.1 Å². The van der Waals surface area contributed by atoms with E-state index in [0.29, 0.717) is 16.7 Å². The highest BCUT2D eigenvalue weighted by molar-refractivity contribution is 9.10. The molecule has 0 radical (unpaired) electrons. The number of amides is 1. The van der Waals surface area contributed by atoms with Crippen LogP contribution >= 0.6 is 15.9 Å². The molecule has 5 heteroatoms. The number of carbonyl (C=O) groups excluding carboxylic acids is 1. The van der Waals surface area contributed by atoms with Crippen LogP contribution < -0.4 is 5.32 Å². The van der Waals surface area contributed by atoms with Crippen LogP contribution in [0.2, 0.25) is 0 Å². The zero-order valence-electron chi connectivity index (χ0n) is 9.85. The van der Waals surface area contributed by atoms with Gasteiger partial charge in [0.25, 0.3) is 5.91 Å². The zero-order chi connectivity index (χ0) is 13.0. The summed E-state index contributed by atoms with van der Waals surface area (Å²) in [6.07, 6.45) is 1.53. The highest BCUT2D eigenvalue weighted by atomic mass is 79.9. The lowest BCUT2D eigenvalue weighted by atomic mass is 10.2. The molecule has 0 atom stereocenters. The van der Waals surface area contributed by atoms with Gasteiger partial charge in [-0.25, -0.2) is 4.98 Å². The van der Waals surface area contributed by atoms with Gasteiger partial charge in [-0.1, -0.05) is 6.07 Å². The summed E-state index contributed by atoms with van der Waals surface area (Å²) in [5.41, 5.74) is 2.31. The summed E-state index contributed by atoms with van der Waals surface area (Å²) >= 11 is 3.23. The van der Waals surface area contributed by atoms with E-state index in [2.05, 4.69) is 31.2 Å². The molecule has 2 aromatic heterocycles. The minimum Gasteiger partial charge on any atom is -0.346 e. The van der Waals surface area contributed by atoms with Crippen LogP contribution in [0.1, 0.15) is 21.7 Å². The van der Waals surface area contributed by atoms with E-state index >= 15 is 0 Å². The first kappa shape index (κ1) is 12.7. The average molecular weight is 306 g/mol. The Balaban J connectivity index is 1.98. The van der Waals surface area contributed by atoms with E-state index in [1.165, 1.54) is 6.20 Å². The number of carbonyl (C=O) groups is 1. The molecule has 4 nitrogen and oxygen atoms in total. The molecule has 0 aromatic carbocycles. The number of nitrogens with one attached hydrogen (secondary N) is 1. The Morgan fingerprint density at radius 2 is 2.17 bits per heavy atom. The van der Waals surface area contributed by atoms with E-state index < -0.39 is 0 Å². The predicted molar refractivity (Wildman–Crippen MR) is 72.1 cm³/mol. The van der Waals surface area contributed by atoms with Crippen molar-refractivity contribution < 1.29 is 4.79 Å². The summed E-state index contributed by atoms with van der Waals surface area (Å²) < 4.78 is 0.708. The molecule has 2 rings (SSSR count). The highest BCUT2D eigenvalue weighted by Gasteiger charge is 2.05. The van der Waals surface area contributed by atoms with Crippen molar-refractivity contribution in [2.24, 2.45) is 0 Å². The molecule has 1 N–H and O–H groups in total. The second-order valence-electron chi connectivity index (χ2n) is 3.82. The van der Waals surface area contributed by atoms with Gasteiger partial charge >= 0.3 is 0 Å². The summed E-state index contributed by atoms with van der Waals surface area (Å²) in [6, 6.07) is 9.18. The number of aryl methyl sites for hydroxylation is 1. The summed E-state index contributed by atoms with van der Waals surface area (Å²) in [4.78, 5) is 20.1. The molecule has 2 heterocycles. The minimum absolute atomic E-state index is 0.154. The number of halogens is 1. The monoisotopic (exact) mass is 305 g/mol. The number of hydrogen-bond donors (Lipinski definition) is 1. The second kappa shape index (κ2) is 5.73. The van der Waals surface area contributed by atoms with Crippen molar-refractivity contribution in [1.82, 2.24) is 15.3 Å². The van der Waals surface area contributed by atoms with Gasteiger partial charge in [-0.3, -0.25) is 9.78 Å². The third-order valence-corrected chi connectivity index (χ3v) is 2.83. The van der Waals surface area contributed by atoms with Crippen LogP contribution in [-0.4, -0.2) is 15.9 Å². The Morgan fingerprint density at radius 1 is 1.33 bits per heavy atom. The van der Waals surface area contributed by atoms with Crippen molar-refractivity contribution in [3.05, 3.63) is 58.1 Å². The smallest absolute Gasteiger partial charge is 0.253 e. The lowest BCUT2D eigenvalue weighted by Crippen LogP contribution is -2.23. The fourth-order valence-electron chi connectivity index (χ4n) is 1.48. The van der Waals surface area contributed by atoms with Gasteiger partial charge in [0.2, 0.25) is 0 Å². The fourth-order valence-corrected chi connectivity index (χ4v) is 1.72. The van der Waals surface area contributed by atoms with Gasteiger partial charge in [0.1, 0.15) is 4.60 Å². The predicted octanol–water partition coefficient (Wildman–Crippen LogP) is 2.48. The first-order valence-corrected chi connectivity index (χ1v) is 6.27. The molecule has 0 fully saturated rings. The number of nitrogens with zero attached hydrogens (tertiary/aromatic N) is 2. The van der Waals surface area contributed by atoms with Crippen molar-refractivity contribution in [2.45, 2.75) is 13.5 Å². The molecule has 0 bridgehead atoms. The van der Waals surface area contributed by atoms with Crippen molar-refractivity contribution >= 4 is 21.8 Å². The number of aromatic nitrogens is 2. The number of rotatable bonds is 3. The molecular formula is C13H12BrN3O. The van der Waals surface area contributed by atoms with E-state index in [4.69, 9.17) is 0 Å². The van der Waals surface area contributed by atoms with Gasteiger partial charge in [0.15, 0.2) is 0 Å². The Hall–Kier alpha value is -1.75. The molecule has 0 unspecified atom stereocenters. The van der Waals surface area contributed by atoms with Crippen LogP contribution in [-0.2, 0) is 6.54 Å². The number of hydrogen-bond acceptors (Lipinski definition) is 3. The van der Waals surface area contributed by atoms with Crippen LogP contribution in [0.3, 0.4) is 0 Å². The zero-order valence-corrected chi connectivity index (χ0v) is 11.4. The first-order chi connectivity index (χ1) is 8.65. The third kappa shape index (κ3) is 3.37. The Morgan fingerprint density at radius 3 is 2.83 bits per heavy atom. The molecule has 1 amide bonds. The molecule has 0 aliphatic carbocycles. The molecule has 0 aliphatic heterocycles. The van der Waals surface area contributed by atoms with E-state index in [9.17, 15) is 4.79 Å². The van der Waals surface area contributed by atoms with Gasteiger partial charge in [0, 0.05) is 11.9 Å². The normalized spacial score (nSPS) is 10.1. The maximum absolute atomic E-state index is 11.8. The molecule has 92 valence electrons. The van der Waals surface area contributed by atoms with E-state index in [1.54, 1.807) is 12.1 Å². The molecule has 0 saturated carbocycles. The van der Waals surface area contributed by atoms with E-state index in [-0.39, 0.29) is 5.91 Å². The maximum Gasteiger partial charge on any atom is 0.253 e. The van der Waals surface area contributed by atoms with Crippen molar-refractivity contribution in [3.63, 3.8) is 0 Å². The molecule has 0 saturated heterocycles. The summed E-state index contributed by atoms with van der Waals surface area (Å²) in [5, 5.41) is 2.81. The Bertz CT molecular complexity index is 554. The number of pyridine rings is 2. The van der Waals surface area contributed by atoms with Gasteiger partial charge < -0.3 is 5.32 Å². The molecule has 0 aliphatic rings. The maximum atomic E-state index is 11.8.